The van der Waals surface area contributed by atoms with Crippen molar-refractivity contribution in [3.63, 3.8) is 0 Å². The number of ether oxygens (including phenoxy) is 1. The van der Waals surface area contributed by atoms with Crippen molar-refractivity contribution in [2.24, 2.45) is 7.05 Å². The summed E-state index contributed by atoms with van der Waals surface area (Å²) in [7, 11) is -0.396. The van der Waals surface area contributed by atoms with E-state index in [-0.39, 0.29) is 4.90 Å². The highest BCUT2D eigenvalue weighted by Gasteiger charge is 2.16. The highest BCUT2D eigenvalue weighted by molar-refractivity contribution is 7.92. The average molecular weight is 281 g/mol. The molecule has 0 fully saturated rings. The lowest BCUT2D eigenvalue weighted by atomic mass is 10.2. The zero-order chi connectivity index (χ0) is 14.0. The summed E-state index contributed by atoms with van der Waals surface area (Å²) in [4.78, 5) is 0.178. The molecule has 1 aromatic carbocycles. The number of aryl methyl sites for hydroxylation is 1. The van der Waals surface area contributed by atoms with E-state index in [1.165, 1.54) is 25.4 Å². The first-order chi connectivity index (χ1) is 8.92. The predicted molar refractivity (Wildman–Crippen MR) is 73.6 cm³/mol. The molecule has 6 nitrogen and oxygen atoms in total. The summed E-state index contributed by atoms with van der Waals surface area (Å²) in [5.74, 6) is 0.528. The van der Waals surface area contributed by atoms with Crippen molar-refractivity contribution in [2.45, 2.75) is 4.90 Å². The molecule has 19 heavy (non-hydrogen) atoms. The maximum atomic E-state index is 12.1. The van der Waals surface area contributed by atoms with Gasteiger partial charge in [-0.25, -0.2) is 8.42 Å². The van der Waals surface area contributed by atoms with Gasteiger partial charge in [-0.15, -0.1) is 0 Å². The maximum Gasteiger partial charge on any atom is 0.263 e. The standard InChI is InChI=1S/C12H15N3O3S/c1-15-6-5-10(8-15)19(16,17)14-12-7-9(18-2)3-4-11(12)13/h3-8,14H,13H2,1-2H3. The van der Waals surface area contributed by atoms with Crippen LogP contribution in [0.1, 0.15) is 0 Å². The number of sulfonamides is 1. The Kier molecular flexibility index (Phi) is 3.39. The third-order valence-electron chi connectivity index (χ3n) is 2.62. The molecular weight excluding hydrogens is 266 g/mol. The first-order valence-corrected chi connectivity index (χ1v) is 6.99. The van der Waals surface area contributed by atoms with Crippen molar-refractivity contribution in [3.05, 3.63) is 36.7 Å². The van der Waals surface area contributed by atoms with E-state index in [4.69, 9.17) is 10.5 Å². The second kappa shape index (κ2) is 4.85. The SMILES string of the molecule is COc1ccc(N)c(NS(=O)(=O)c2ccn(C)c2)c1. The Morgan fingerprint density at radius 3 is 2.63 bits per heavy atom. The number of nitrogens with two attached hydrogens (primary N) is 1. The van der Waals surface area contributed by atoms with Crippen LogP contribution >= 0.6 is 0 Å². The minimum absolute atomic E-state index is 0.178. The fourth-order valence-electron chi connectivity index (χ4n) is 1.59. The summed E-state index contributed by atoms with van der Waals surface area (Å²) in [6.45, 7) is 0. The van der Waals surface area contributed by atoms with Crippen LogP contribution < -0.4 is 15.2 Å². The summed E-state index contributed by atoms with van der Waals surface area (Å²) >= 11 is 0. The third-order valence-corrected chi connectivity index (χ3v) is 3.97. The topological polar surface area (TPSA) is 86.3 Å². The van der Waals surface area contributed by atoms with Crippen LogP contribution in [0.2, 0.25) is 0 Å². The molecule has 0 saturated heterocycles. The molecule has 0 amide bonds. The van der Waals surface area contributed by atoms with Crippen molar-refractivity contribution < 1.29 is 13.2 Å². The molecule has 0 bridgehead atoms. The molecule has 0 aliphatic heterocycles. The van der Waals surface area contributed by atoms with Crippen molar-refractivity contribution >= 4 is 21.4 Å². The zero-order valence-corrected chi connectivity index (χ0v) is 11.4. The number of nitrogens with one attached hydrogen (secondary N) is 1. The lowest BCUT2D eigenvalue weighted by Crippen LogP contribution is -2.13. The number of hydrogen-bond acceptors (Lipinski definition) is 4. The molecule has 0 unspecified atom stereocenters. The van der Waals surface area contributed by atoms with E-state index < -0.39 is 10.0 Å². The molecule has 2 rings (SSSR count). The van der Waals surface area contributed by atoms with Gasteiger partial charge in [-0.05, 0) is 18.2 Å². The quantitative estimate of drug-likeness (QED) is 0.830. The van der Waals surface area contributed by atoms with Crippen LogP contribution in [0.5, 0.6) is 5.75 Å². The molecule has 0 saturated carbocycles. The number of anilines is 2. The highest BCUT2D eigenvalue weighted by Crippen LogP contribution is 2.26. The molecule has 1 aromatic heterocycles. The number of rotatable bonds is 4. The lowest BCUT2D eigenvalue weighted by Gasteiger charge is -2.10. The first-order valence-electron chi connectivity index (χ1n) is 5.50. The second-order valence-corrected chi connectivity index (χ2v) is 5.75. The number of nitrogens with zero attached hydrogens (tertiary/aromatic N) is 1. The number of aromatic nitrogens is 1. The Morgan fingerprint density at radius 1 is 1.32 bits per heavy atom. The summed E-state index contributed by atoms with van der Waals surface area (Å²) in [6, 6.07) is 6.30. The molecule has 0 aliphatic carbocycles. The van der Waals surface area contributed by atoms with Crippen LogP contribution in [0, 0.1) is 0 Å². The predicted octanol–water partition coefficient (Wildman–Crippen LogP) is 1.42. The smallest absolute Gasteiger partial charge is 0.263 e. The van der Waals surface area contributed by atoms with E-state index in [9.17, 15) is 8.42 Å². The molecule has 0 radical (unpaired) electrons. The lowest BCUT2D eigenvalue weighted by molar-refractivity contribution is 0.415. The van der Waals surface area contributed by atoms with Gasteiger partial charge in [0.05, 0.1) is 18.5 Å². The molecule has 102 valence electrons. The molecule has 3 N–H and O–H groups in total. The fraction of sp³-hybridized carbons (Fsp3) is 0.167. The van der Waals surface area contributed by atoms with E-state index in [1.807, 2.05) is 0 Å². The van der Waals surface area contributed by atoms with Gasteiger partial charge in [0, 0.05) is 25.5 Å². The first kappa shape index (κ1) is 13.3. The minimum atomic E-state index is -3.65. The summed E-state index contributed by atoms with van der Waals surface area (Å²) in [6.07, 6.45) is 3.17. The summed E-state index contributed by atoms with van der Waals surface area (Å²) in [5.41, 5.74) is 6.38. The van der Waals surface area contributed by atoms with Gasteiger partial charge in [0.15, 0.2) is 0 Å². The Bertz CT molecular complexity index is 692. The Balaban J connectivity index is 2.35. The van der Waals surface area contributed by atoms with Crippen LogP contribution in [-0.4, -0.2) is 20.1 Å². The maximum absolute atomic E-state index is 12.1. The summed E-state index contributed by atoms with van der Waals surface area (Å²) < 4.78 is 33.4. The van der Waals surface area contributed by atoms with E-state index in [1.54, 1.807) is 29.9 Å². The molecule has 1 heterocycles. The molecule has 0 atom stereocenters. The number of nitrogen functional groups attached to an aromatic ring is 1. The van der Waals surface area contributed by atoms with Gasteiger partial charge in [0.25, 0.3) is 10.0 Å². The molecule has 2 aromatic rings. The van der Waals surface area contributed by atoms with Crippen molar-refractivity contribution in [1.82, 2.24) is 4.57 Å². The van der Waals surface area contributed by atoms with Gasteiger partial charge in [0.2, 0.25) is 0 Å². The third kappa shape index (κ3) is 2.82. The van der Waals surface area contributed by atoms with Crippen molar-refractivity contribution in [2.75, 3.05) is 17.6 Å². The van der Waals surface area contributed by atoms with Gasteiger partial charge in [-0.1, -0.05) is 0 Å². The van der Waals surface area contributed by atoms with Crippen LogP contribution in [0.25, 0.3) is 0 Å². The Hall–Kier alpha value is -2.15. The molecule has 0 aliphatic rings. The Labute approximate surface area is 111 Å². The zero-order valence-electron chi connectivity index (χ0n) is 10.6. The van der Waals surface area contributed by atoms with Gasteiger partial charge in [0.1, 0.15) is 10.6 Å². The van der Waals surface area contributed by atoms with E-state index >= 15 is 0 Å². The highest BCUT2D eigenvalue weighted by atomic mass is 32.2. The minimum Gasteiger partial charge on any atom is -0.497 e. The van der Waals surface area contributed by atoms with E-state index in [2.05, 4.69) is 4.72 Å². The normalized spacial score (nSPS) is 11.3. The molecule has 7 heteroatoms. The van der Waals surface area contributed by atoms with Gasteiger partial charge in [-0.2, -0.15) is 0 Å². The summed E-state index contributed by atoms with van der Waals surface area (Å²) in [5, 5.41) is 0. The number of methoxy groups -OCH3 is 1. The van der Waals surface area contributed by atoms with Gasteiger partial charge < -0.3 is 15.0 Å². The van der Waals surface area contributed by atoms with E-state index in [0.29, 0.717) is 17.1 Å². The average Bonchev–Trinajstić information content (AvgIpc) is 2.79. The largest absolute Gasteiger partial charge is 0.497 e. The molecular formula is C12H15N3O3S. The monoisotopic (exact) mass is 281 g/mol. The molecule has 0 spiro atoms. The van der Waals surface area contributed by atoms with Gasteiger partial charge >= 0.3 is 0 Å². The fourth-order valence-corrected chi connectivity index (χ4v) is 2.72. The van der Waals surface area contributed by atoms with Crippen LogP contribution in [-0.2, 0) is 17.1 Å². The van der Waals surface area contributed by atoms with Crippen LogP contribution in [0.15, 0.2) is 41.6 Å². The van der Waals surface area contributed by atoms with Crippen LogP contribution in [0.3, 0.4) is 0 Å². The second-order valence-electron chi connectivity index (χ2n) is 4.07. The van der Waals surface area contributed by atoms with Crippen molar-refractivity contribution in [3.8, 4) is 5.75 Å². The van der Waals surface area contributed by atoms with Gasteiger partial charge in [-0.3, -0.25) is 4.72 Å². The number of benzene rings is 1. The Morgan fingerprint density at radius 2 is 2.05 bits per heavy atom. The van der Waals surface area contributed by atoms with E-state index in [0.717, 1.165) is 0 Å². The van der Waals surface area contributed by atoms with Crippen molar-refractivity contribution in [1.29, 1.82) is 0 Å². The van der Waals surface area contributed by atoms with Crippen LogP contribution in [0.4, 0.5) is 11.4 Å². The number of hydrogen-bond donors (Lipinski definition) is 2.